The van der Waals surface area contributed by atoms with Gasteiger partial charge in [-0.05, 0) is 37.3 Å². The van der Waals surface area contributed by atoms with E-state index in [1.807, 2.05) is 12.1 Å². The van der Waals surface area contributed by atoms with Crippen molar-refractivity contribution in [2.45, 2.75) is 37.8 Å². The molecule has 17 heavy (non-hydrogen) atoms. The van der Waals surface area contributed by atoms with Gasteiger partial charge in [-0.25, -0.2) is 0 Å². The van der Waals surface area contributed by atoms with Gasteiger partial charge in [-0.3, -0.25) is 4.84 Å². The second-order valence-electron chi connectivity index (χ2n) is 5.12. The SMILES string of the molecule is CN1O[C@H]2CCCC=C2[C@]1(C)c1ccccc1. The molecule has 90 valence electrons. The molecule has 1 fully saturated rings. The number of hydrogen-bond acceptors (Lipinski definition) is 2. The molecule has 1 saturated heterocycles. The summed E-state index contributed by atoms with van der Waals surface area (Å²) < 4.78 is 0. The molecule has 0 spiro atoms. The van der Waals surface area contributed by atoms with Crippen molar-refractivity contribution in [2.24, 2.45) is 0 Å². The van der Waals surface area contributed by atoms with Gasteiger partial charge < -0.3 is 0 Å². The van der Waals surface area contributed by atoms with E-state index in [1.165, 1.54) is 24.0 Å². The third-order valence-corrected chi connectivity index (χ3v) is 4.19. The monoisotopic (exact) mass is 229 g/mol. The van der Waals surface area contributed by atoms with Crippen LogP contribution in [0.3, 0.4) is 0 Å². The number of nitrogens with zero attached hydrogens (tertiary/aromatic N) is 1. The van der Waals surface area contributed by atoms with Crippen LogP contribution < -0.4 is 0 Å². The maximum absolute atomic E-state index is 6.00. The molecule has 2 atom stereocenters. The van der Waals surface area contributed by atoms with Gasteiger partial charge >= 0.3 is 0 Å². The molecule has 0 amide bonds. The van der Waals surface area contributed by atoms with Gasteiger partial charge in [0.15, 0.2) is 0 Å². The van der Waals surface area contributed by atoms with Crippen molar-refractivity contribution in [2.75, 3.05) is 7.05 Å². The standard InChI is InChI=1S/C15H19NO/c1-15(12-8-4-3-5-9-12)13-10-6-7-11-14(13)17-16(15)2/h3-5,8-10,14H,6-7,11H2,1-2H3/t14-,15-/m0/s1. The summed E-state index contributed by atoms with van der Waals surface area (Å²) in [6.07, 6.45) is 6.25. The van der Waals surface area contributed by atoms with Gasteiger partial charge in [0.2, 0.25) is 0 Å². The van der Waals surface area contributed by atoms with E-state index in [4.69, 9.17) is 4.84 Å². The smallest absolute Gasteiger partial charge is 0.103 e. The molecule has 0 bridgehead atoms. The highest BCUT2D eigenvalue weighted by Crippen LogP contribution is 2.46. The van der Waals surface area contributed by atoms with E-state index in [1.54, 1.807) is 0 Å². The Morgan fingerprint density at radius 1 is 1.29 bits per heavy atom. The molecule has 1 aromatic carbocycles. The molecule has 1 aliphatic carbocycles. The van der Waals surface area contributed by atoms with Gasteiger partial charge in [0.25, 0.3) is 0 Å². The van der Waals surface area contributed by atoms with Crippen LogP contribution in [0, 0.1) is 0 Å². The average molecular weight is 229 g/mol. The van der Waals surface area contributed by atoms with Crippen LogP contribution in [0.15, 0.2) is 42.0 Å². The van der Waals surface area contributed by atoms with Gasteiger partial charge in [0.1, 0.15) is 6.10 Å². The third kappa shape index (κ3) is 1.55. The van der Waals surface area contributed by atoms with E-state index in [-0.39, 0.29) is 5.54 Å². The first-order valence-corrected chi connectivity index (χ1v) is 6.39. The summed E-state index contributed by atoms with van der Waals surface area (Å²) in [6.45, 7) is 2.26. The van der Waals surface area contributed by atoms with Crippen LogP contribution in [-0.4, -0.2) is 18.2 Å². The van der Waals surface area contributed by atoms with Gasteiger partial charge in [0, 0.05) is 7.05 Å². The predicted octanol–water partition coefficient (Wildman–Crippen LogP) is 3.26. The molecular formula is C15H19NO. The van der Waals surface area contributed by atoms with Crippen molar-refractivity contribution in [1.82, 2.24) is 5.06 Å². The highest BCUT2D eigenvalue weighted by atomic mass is 16.7. The normalized spacial score (nSPS) is 33.3. The Labute approximate surface area is 103 Å². The van der Waals surface area contributed by atoms with Gasteiger partial charge in [0.05, 0.1) is 5.54 Å². The Balaban J connectivity index is 2.08. The van der Waals surface area contributed by atoms with Crippen molar-refractivity contribution in [3.8, 4) is 0 Å². The van der Waals surface area contributed by atoms with Gasteiger partial charge in [-0.1, -0.05) is 36.4 Å². The number of fused-ring (bicyclic) bond motifs is 1. The van der Waals surface area contributed by atoms with Crippen LogP contribution in [0.5, 0.6) is 0 Å². The number of hydroxylamine groups is 2. The van der Waals surface area contributed by atoms with Crippen molar-refractivity contribution >= 4 is 0 Å². The second kappa shape index (κ2) is 3.97. The minimum atomic E-state index is -0.0909. The molecular weight excluding hydrogens is 210 g/mol. The zero-order valence-corrected chi connectivity index (χ0v) is 10.5. The summed E-state index contributed by atoms with van der Waals surface area (Å²) in [5.41, 5.74) is 2.67. The number of likely N-dealkylation sites (N-methyl/N-ethyl adjacent to an activating group) is 1. The molecule has 0 unspecified atom stereocenters. The van der Waals surface area contributed by atoms with Crippen LogP contribution in [0.2, 0.25) is 0 Å². The molecule has 3 rings (SSSR count). The molecule has 2 aliphatic rings. The first kappa shape index (κ1) is 11.0. The maximum Gasteiger partial charge on any atom is 0.103 e. The van der Waals surface area contributed by atoms with Crippen molar-refractivity contribution < 1.29 is 4.84 Å². The Morgan fingerprint density at radius 3 is 2.82 bits per heavy atom. The summed E-state index contributed by atoms with van der Waals surface area (Å²) in [5.74, 6) is 0. The molecule has 1 aromatic rings. The minimum absolute atomic E-state index is 0.0909. The quantitative estimate of drug-likeness (QED) is 0.685. The van der Waals surface area contributed by atoms with Crippen molar-refractivity contribution in [3.05, 3.63) is 47.5 Å². The lowest BCUT2D eigenvalue weighted by atomic mass is 9.79. The molecule has 2 nitrogen and oxygen atoms in total. The topological polar surface area (TPSA) is 12.5 Å². The fourth-order valence-electron chi connectivity index (χ4n) is 3.06. The number of allylic oxidation sites excluding steroid dienone is 1. The zero-order chi connectivity index (χ0) is 11.9. The number of rotatable bonds is 1. The molecule has 0 N–H and O–H groups in total. The van der Waals surface area contributed by atoms with E-state index in [0.717, 1.165) is 6.42 Å². The van der Waals surface area contributed by atoms with Crippen LogP contribution in [0.25, 0.3) is 0 Å². The average Bonchev–Trinajstić information content (AvgIpc) is 2.64. The Hall–Kier alpha value is -1.12. The fourth-order valence-corrected chi connectivity index (χ4v) is 3.06. The van der Waals surface area contributed by atoms with E-state index in [9.17, 15) is 0 Å². The zero-order valence-electron chi connectivity index (χ0n) is 10.5. The lowest BCUT2D eigenvalue weighted by Crippen LogP contribution is -2.36. The lowest BCUT2D eigenvalue weighted by molar-refractivity contribution is -0.168. The molecule has 0 radical (unpaired) electrons. The predicted molar refractivity (Wildman–Crippen MR) is 68.4 cm³/mol. The third-order valence-electron chi connectivity index (χ3n) is 4.19. The Morgan fingerprint density at radius 2 is 2.06 bits per heavy atom. The lowest BCUT2D eigenvalue weighted by Gasteiger charge is -2.32. The number of benzene rings is 1. The molecule has 0 aromatic heterocycles. The molecule has 0 saturated carbocycles. The molecule has 2 heteroatoms. The largest absolute Gasteiger partial charge is 0.290 e. The van der Waals surface area contributed by atoms with E-state index >= 15 is 0 Å². The van der Waals surface area contributed by atoms with Crippen LogP contribution in [0.4, 0.5) is 0 Å². The second-order valence-corrected chi connectivity index (χ2v) is 5.12. The summed E-state index contributed by atoms with van der Waals surface area (Å²) in [4.78, 5) is 6.00. The molecule has 1 heterocycles. The van der Waals surface area contributed by atoms with E-state index < -0.39 is 0 Å². The first-order chi connectivity index (χ1) is 8.23. The first-order valence-electron chi connectivity index (χ1n) is 6.39. The van der Waals surface area contributed by atoms with Crippen LogP contribution in [-0.2, 0) is 10.4 Å². The van der Waals surface area contributed by atoms with Crippen LogP contribution in [0.1, 0.15) is 31.7 Å². The van der Waals surface area contributed by atoms with Crippen LogP contribution >= 0.6 is 0 Å². The fraction of sp³-hybridized carbons (Fsp3) is 0.467. The van der Waals surface area contributed by atoms with Gasteiger partial charge in [-0.2, -0.15) is 5.06 Å². The Bertz CT molecular complexity index is 439. The maximum atomic E-state index is 6.00. The highest BCUT2D eigenvalue weighted by Gasteiger charge is 2.47. The summed E-state index contributed by atoms with van der Waals surface area (Å²) in [7, 11) is 2.05. The van der Waals surface area contributed by atoms with Crippen molar-refractivity contribution in [1.29, 1.82) is 0 Å². The summed E-state index contributed by atoms with van der Waals surface area (Å²) in [5, 5.41) is 2.03. The van der Waals surface area contributed by atoms with E-state index in [0.29, 0.717) is 6.10 Å². The summed E-state index contributed by atoms with van der Waals surface area (Å²) >= 11 is 0. The Kier molecular flexibility index (Phi) is 2.57. The summed E-state index contributed by atoms with van der Waals surface area (Å²) in [6, 6.07) is 10.7. The van der Waals surface area contributed by atoms with Gasteiger partial charge in [-0.15, -0.1) is 0 Å². The molecule has 1 aliphatic heterocycles. The highest BCUT2D eigenvalue weighted by molar-refractivity contribution is 5.38. The minimum Gasteiger partial charge on any atom is -0.290 e. The van der Waals surface area contributed by atoms with Crippen molar-refractivity contribution in [3.63, 3.8) is 0 Å². The number of hydrogen-bond donors (Lipinski definition) is 0. The van der Waals surface area contributed by atoms with E-state index in [2.05, 4.69) is 43.3 Å².